The Hall–Kier alpha value is -4.69. The summed E-state index contributed by atoms with van der Waals surface area (Å²) in [5.74, 6) is 0.176. The topological polar surface area (TPSA) is 108 Å². The van der Waals surface area contributed by atoms with Crippen molar-refractivity contribution in [2.75, 3.05) is 31.5 Å². The summed E-state index contributed by atoms with van der Waals surface area (Å²) in [5, 5.41) is 6.16. The number of amides is 2. The largest absolute Gasteiger partial charge is 0.385 e. The number of fused-ring (bicyclic) bond motifs is 1. The highest BCUT2D eigenvalue weighted by Gasteiger charge is 2.43. The summed E-state index contributed by atoms with van der Waals surface area (Å²) in [7, 11) is 0. The minimum absolute atomic E-state index is 0.0749. The van der Waals surface area contributed by atoms with Gasteiger partial charge in [-0.3, -0.25) is 14.5 Å². The Morgan fingerprint density at radius 1 is 1.02 bits per heavy atom. The molecule has 3 unspecified atom stereocenters. The fourth-order valence-corrected chi connectivity index (χ4v) is 6.78. The molecule has 3 aromatic rings. The molecule has 3 atom stereocenters. The molecule has 4 N–H and O–H groups in total. The molecule has 0 saturated carbocycles. The van der Waals surface area contributed by atoms with Gasteiger partial charge in [0.25, 0.3) is 0 Å². The van der Waals surface area contributed by atoms with Gasteiger partial charge in [0, 0.05) is 24.4 Å². The van der Waals surface area contributed by atoms with Crippen LogP contribution < -0.4 is 16.4 Å². The molecule has 43 heavy (non-hydrogen) atoms. The van der Waals surface area contributed by atoms with Crippen LogP contribution in [-0.4, -0.2) is 54.1 Å². The van der Waals surface area contributed by atoms with E-state index >= 15 is 0 Å². The number of benzene rings is 3. The first-order valence-corrected chi connectivity index (χ1v) is 14.9. The van der Waals surface area contributed by atoms with Crippen molar-refractivity contribution < 1.29 is 14.4 Å². The Bertz CT molecular complexity index is 1590. The van der Waals surface area contributed by atoms with E-state index in [1.807, 2.05) is 91.0 Å². The highest BCUT2D eigenvalue weighted by molar-refractivity contribution is 5.96. The molecule has 1 saturated heterocycles. The minimum Gasteiger partial charge on any atom is -0.385 e. The standard InChI is InChI=1S/C35H37N5O3/c1-2-39-21-30(24-10-5-3-6-11-24)40(34(43)32(39)25-12-7-4-8-13-25)22-31(42)38-28-16-15-26-19-35(23-41,20-27(26)18-28)29-14-9-17-37-33(29)36/h3-16,18,23,30,32,37H,2,17,19-22,36H2,1H3,(H,38,42). The summed E-state index contributed by atoms with van der Waals surface area (Å²) < 4.78 is 0. The number of allylic oxidation sites excluding steroid dienone is 2. The Morgan fingerprint density at radius 3 is 2.40 bits per heavy atom. The smallest absolute Gasteiger partial charge is 0.245 e. The van der Waals surface area contributed by atoms with Crippen LogP contribution in [0, 0.1) is 5.41 Å². The predicted octanol–water partition coefficient (Wildman–Crippen LogP) is 3.89. The van der Waals surface area contributed by atoms with Crippen molar-refractivity contribution in [2.24, 2.45) is 11.1 Å². The number of aldehydes is 1. The molecule has 220 valence electrons. The molecule has 8 nitrogen and oxygen atoms in total. The molecule has 8 heteroatoms. The van der Waals surface area contributed by atoms with E-state index < -0.39 is 11.5 Å². The first-order chi connectivity index (χ1) is 20.9. The van der Waals surface area contributed by atoms with Crippen molar-refractivity contribution in [3.63, 3.8) is 0 Å². The van der Waals surface area contributed by atoms with Gasteiger partial charge in [-0.1, -0.05) is 85.8 Å². The van der Waals surface area contributed by atoms with Crippen LogP contribution in [0.2, 0.25) is 0 Å². The summed E-state index contributed by atoms with van der Waals surface area (Å²) in [6.07, 6.45) is 5.97. The van der Waals surface area contributed by atoms with Gasteiger partial charge >= 0.3 is 0 Å². The molecule has 0 radical (unpaired) electrons. The van der Waals surface area contributed by atoms with Crippen molar-refractivity contribution in [3.8, 4) is 0 Å². The summed E-state index contributed by atoms with van der Waals surface area (Å²) >= 11 is 0. The van der Waals surface area contributed by atoms with Crippen molar-refractivity contribution in [1.29, 1.82) is 0 Å². The number of carbonyl (C=O) groups excluding carboxylic acids is 3. The molecule has 3 aromatic carbocycles. The third kappa shape index (κ3) is 5.46. The van der Waals surface area contributed by atoms with Gasteiger partial charge in [-0.15, -0.1) is 0 Å². The lowest BCUT2D eigenvalue weighted by atomic mass is 9.77. The maximum Gasteiger partial charge on any atom is 0.245 e. The van der Waals surface area contributed by atoms with Crippen LogP contribution in [-0.2, 0) is 27.2 Å². The number of nitrogens with two attached hydrogens (primary N) is 1. The van der Waals surface area contributed by atoms with Crippen LogP contribution in [0.5, 0.6) is 0 Å². The molecule has 3 aliphatic rings. The van der Waals surface area contributed by atoms with Crippen LogP contribution in [0.1, 0.15) is 41.3 Å². The molecule has 1 aliphatic carbocycles. The van der Waals surface area contributed by atoms with Gasteiger partial charge < -0.3 is 26.1 Å². The Balaban J connectivity index is 1.23. The average Bonchev–Trinajstić information content (AvgIpc) is 3.42. The lowest BCUT2D eigenvalue weighted by Crippen LogP contribution is -2.55. The molecule has 2 aliphatic heterocycles. The number of anilines is 1. The second kappa shape index (κ2) is 11.9. The maximum atomic E-state index is 14.1. The zero-order chi connectivity index (χ0) is 30.0. The van der Waals surface area contributed by atoms with E-state index in [2.05, 4.69) is 22.5 Å². The molecule has 6 rings (SSSR count). The van der Waals surface area contributed by atoms with Gasteiger partial charge in [-0.2, -0.15) is 0 Å². The Labute approximate surface area is 252 Å². The zero-order valence-electron chi connectivity index (χ0n) is 24.3. The van der Waals surface area contributed by atoms with Gasteiger partial charge in [-0.25, -0.2) is 0 Å². The van der Waals surface area contributed by atoms with Gasteiger partial charge in [0.05, 0.1) is 11.5 Å². The molecule has 0 bridgehead atoms. The van der Waals surface area contributed by atoms with Gasteiger partial charge in [0.1, 0.15) is 24.7 Å². The van der Waals surface area contributed by atoms with Crippen LogP contribution in [0.3, 0.4) is 0 Å². The molecule has 2 heterocycles. The number of nitrogens with one attached hydrogen (secondary N) is 2. The fraction of sp³-hybridized carbons (Fsp3) is 0.286. The monoisotopic (exact) mass is 575 g/mol. The van der Waals surface area contributed by atoms with E-state index in [0.29, 0.717) is 44.0 Å². The third-order valence-corrected chi connectivity index (χ3v) is 8.93. The van der Waals surface area contributed by atoms with Crippen molar-refractivity contribution >= 4 is 23.8 Å². The van der Waals surface area contributed by atoms with Crippen molar-refractivity contribution in [3.05, 3.63) is 125 Å². The number of dihydropyridines is 1. The normalized spacial score (nSPS) is 23.6. The number of nitrogens with zero attached hydrogens (tertiary/aromatic N) is 2. The minimum atomic E-state index is -0.736. The van der Waals surface area contributed by atoms with E-state index in [1.165, 1.54) is 0 Å². The van der Waals surface area contributed by atoms with Crippen LogP contribution in [0.15, 0.2) is 102 Å². The average molecular weight is 576 g/mol. The van der Waals surface area contributed by atoms with Gasteiger partial charge in [0.2, 0.25) is 11.8 Å². The van der Waals surface area contributed by atoms with E-state index in [0.717, 1.165) is 34.1 Å². The lowest BCUT2D eigenvalue weighted by molar-refractivity contribution is -0.149. The van der Waals surface area contributed by atoms with Gasteiger partial charge in [0.15, 0.2) is 0 Å². The summed E-state index contributed by atoms with van der Waals surface area (Å²) in [5.41, 5.74) is 10.9. The van der Waals surface area contributed by atoms with Crippen molar-refractivity contribution in [2.45, 2.75) is 31.8 Å². The van der Waals surface area contributed by atoms with E-state index in [9.17, 15) is 14.4 Å². The third-order valence-electron chi connectivity index (χ3n) is 8.93. The van der Waals surface area contributed by atoms with Crippen LogP contribution in [0.25, 0.3) is 0 Å². The second-order valence-electron chi connectivity index (χ2n) is 11.6. The Kier molecular flexibility index (Phi) is 7.86. The molecule has 0 spiro atoms. The molecule has 0 aromatic heterocycles. The summed E-state index contributed by atoms with van der Waals surface area (Å²) in [4.78, 5) is 44.0. The van der Waals surface area contributed by atoms with Crippen LogP contribution >= 0.6 is 0 Å². The first-order valence-electron chi connectivity index (χ1n) is 14.9. The van der Waals surface area contributed by atoms with Gasteiger partial charge in [-0.05, 0) is 53.8 Å². The van der Waals surface area contributed by atoms with Crippen LogP contribution in [0.4, 0.5) is 5.69 Å². The maximum absolute atomic E-state index is 14.1. The predicted molar refractivity (Wildman–Crippen MR) is 167 cm³/mol. The SMILES string of the molecule is CCN1CC(c2ccccc2)N(CC(=O)Nc2ccc3c(c2)CC(C=O)(C2=C(N)NCC=C2)C3)C(=O)C1c1ccccc1. The number of carbonyl (C=O) groups is 3. The van der Waals surface area contributed by atoms with E-state index in [4.69, 9.17) is 5.73 Å². The fourth-order valence-electron chi connectivity index (χ4n) is 6.78. The number of hydrogen-bond acceptors (Lipinski definition) is 6. The second-order valence-corrected chi connectivity index (χ2v) is 11.6. The number of likely N-dealkylation sites (N-methyl/N-ethyl adjacent to an activating group) is 1. The lowest BCUT2D eigenvalue weighted by Gasteiger charge is -2.45. The quantitative estimate of drug-likeness (QED) is 0.352. The molecular formula is C35H37N5O3. The molecule has 1 fully saturated rings. The van der Waals surface area contributed by atoms with E-state index in [-0.39, 0.29) is 24.4 Å². The van der Waals surface area contributed by atoms with E-state index in [1.54, 1.807) is 4.90 Å². The zero-order valence-corrected chi connectivity index (χ0v) is 24.3. The Morgan fingerprint density at radius 2 is 1.72 bits per heavy atom. The molecular weight excluding hydrogens is 538 g/mol. The molecule has 2 amide bonds. The summed E-state index contributed by atoms with van der Waals surface area (Å²) in [6, 6.07) is 24.7. The highest BCUT2D eigenvalue weighted by Crippen LogP contribution is 2.43. The first kappa shape index (κ1) is 28.4. The highest BCUT2D eigenvalue weighted by atomic mass is 16.2. The number of hydrogen-bond donors (Lipinski definition) is 3. The number of rotatable bonds is 8. The van der Waals surface area contributed by atoms with Crippen molar-refractivity contribution in [1.82, 2.24) is 15.1 Å². The summed E-state index contributed by atoms with van der Waals surface area (Å²) in [6.45, 7) is 3.95. The number of piperazine rings is 1.